The average molecular weight is 683 g/mol. The number of hydrogen-bond acceptors (Lipinski definition) is 12. The highest BCUT2D eigenvalue weighted by molar-refractivity contribution is 6.00. The summed E-state index contributed by atoms with van der Waals surface area (Å²) in [6.07, 6.45) is -2.50. The molecule has 0 aromatic rings. The molecule has 48 heavy (non-hydrogen) atoms. The molecule has 3 fully saturated rings. The van der Waals surface area contributed by atoms with Crippen molar-refractivity contribution in [2.24, 2.45) is 23.7 Å². The van der Waals surface area contributed by atoms with Crippen molar-refractivity contribution in [2.45, 2.75) is 141 Å². The van der Waals surface area contributed by atoms with E-state index in [9.17, 15) is 24.3 Å². The highest BCUT2D eigenvalue weighted by Crippen LogP contribution is 2.45. The number of nitrogens with one attached hydrogen (secondary N) is 1. The molecule has 3 rings (SSSR count). The van der Waals surface area contributed by atoms with Crippen LogP contribution < -0.4 is 5.32 Å². The van der Waals surface area contributed by atoms with Gasteiger partial charge in [-0.25, -0.2) is 4.79 Å². The first-order valence-corrected chi connectivity index (χ1v) is 17.0. The predicted molar refractivity (Wildman–Crippen MR) is 176 cm³/mol. The lowest BCUT2D eigenvalue weighted by atomic mass is 9.66. The molecular weight excluding hydrogens is 624 g/mol. The number of carbonyl (C=O) groups is 4. The Bertz CT molecular complexity index is 1210. The van der Waals surface area contributed by atoms with Gasteiger partial charge in [-0.05, 0) is 67.0 Å². The van der Waals surface area contributed by atoms with Gasteiger partial charge in [0.15, 0.2) is 23.8 Å². The Labute approximate surface area is 285 Å². The number of amides is 1. The summed E-state index contributed by atoms with van der Waals surface area (Å²) < 4.78 is 36.7. The van der Waals surface area contributed by atoms with E-state index in [1.807, 2.05) is 32.8 Å². The summed E-state index contributed by atoms with van der Waals surface area (Å²) >= 11 is 0. The number of cyclic esters (lactones) is 1. The van der Waals surface area contributed by atoms with Crippen LogP contribution in [0.2, 0.25) is 0 Å². The molecule has 3 aliphatic heterocycles. The van der Waals surface area contributed by atoms with E-state index in [0.29, 0.717) is 6.42 Å². The number of fused-ring (bicyclic) bond motifs is 1. The minimum absolute atomic E-state index is 0.143. The van der Waals surface area contributed by atoms with Gasteiger partial charge in [-0.2, -0.15) is 0 Å². The van der Waals surface area contributed by atoms with Crippen LogP contribution in [0.25, 0.3) is 0 Å². The number of carbonyl (C=O) groups excluding carboxylic acids is 4. The zero-order valence-corrected chi connectivity index (χ0v) is 30.7. The van der Waals surface area contributed by atoms with Gasteiger partial charge in [0.2, 0.25) is 0 Å². The Kier molecular flexibility index (Phi) is 12.6. The highest BCUT2D eigenvalue weighted by Gasteiger charge is 2.60. The first kappa shape index (κ1) is 39.9. The third-order valence-electron chi connectivity index (χ3n) is 11.1. The van der Waals surface area contributed by atoms with Crippen LogP contribution in [0.5, 0.6) is 0 Å². The fourth-order valence-electron chi connectivity index (χ4n) is 8.04. The molecule has 2 N–H and O–H groups in total. The Balaban J connectivity index is 2.20. The SMILES string of the molecule is C=C[C@]1(O)[C@H](C)C[C@@](C)(OC)[C@H](OC2O[C@H](C)C[C@H](N(C)C)[C@H]2OC(C)=O)[C@@H](C)C(=O)[C@@H](C)C(=O)O[C@H](CC)[C@@]2(C)OC(=O)N[C@H]2[C@H]1C. The van der Waals surface area contributed by atoms with E-state index >= 15 is 0 Å². The van der Waals surface area contributed by atoms with Crippen molar-refractivity contribution in [3.05, 3.63) is 12.7 Å². The van der Waals surface area contributed by atoms with Crippen LogP contribution in [0.15, 0.2) is 12.7 Å². The molecule has 0 aromatic heterocycles. The summed E-state index contributed by atoms with van der Waals surface area (Å²) in [6.45, 7) is 19.2. The van der Waals surface area contributed by atoms with Crippen LogP contribution >= 0.6 is 0 Å². The minimum Gasteiger partial charge on any atom is -0.458 e. The van der Waals surface area contributed by atoms with E-state index < -0.39 is 94.9 Å². The smallest absolute Gasteiger partial charge is 0.408 e. The zero-order chi connectivity index (χ0) is 36.5. The van der Waals surface area contributed by atoms with Crippen molar-refractivity contribution in [2.75, 3.05) is 21.2 Å². The van der Waals surface area contributed by atoms with Crippen molar-refractivity contribution in [3.8, 4) is 0 Å². The Morgan fingerprint density at radius 3 is 2.29 bits per heavy atom. The molecule has 3 saturated heterocycles. The van der Waals surface area contributed by atoms with Crippen molar-refractivity contribution in [3.63, 3.8) is 0 Å². The maximum atomic E-state index is 14.2. The molecular formula is C35H58N2O11. The van der Waals surface area contributed by atoms with E-state index in [0.717, 1.165) is 0 Å². The monoisotopic (exact) mass is 682 g/mol. The second-order valence-electron chi connectivity index (χ2n) is 14.7. The predicted octanol–water partition coefficient (Wildman–Crippen LogP) is 3.40. The first-order chi connectivity index (χ1) is 22.2. The number of esters is 2. The van der Waals surface area contributed by atoms with Gasteiger partial charge in [0.05, 0.1) is 35.5 Å². The van der Waals surface area contributed by atoms with Crippen LogP contribution in [-0.2, 0) is 42.8 Å². The van der Waals surface area contributed by atoms with E-state index in [1.54, 1.807) is 34.6 Å². The van der Waals surface area contributed by atoms with Crippen molar-refractivity contribution >= 4 is 23.8 Å². The van der Waals surface area contributed by atoms with Crippen LogP contribution in [0.4, 0.5) is 4.79 Å². The van der Waals surface area contributed by atoms with Gasteiger partial charge in [-0.15, -0.1) is 6.58 Å². The lowest BCUT2D eigenvalue weighted by Gasteiger charge is -2.50. The Morgan fingerprint density at radius 1 is 1.15 bits per heavy atom. The fourth-order valence-corrected chi connectivity index (χ4v) is 8.04. The number of hydrogen-bond donors (Lipinski definition) is 2. The van der Waals surface area contributed by atoms with Gasteiger partial charge in [0, 0.05) is 25.9 Å². The lowest BCUT2D eigenvalue weighted by molar-refractivity contribution is -0.299. The third-order valence-corrected chi connectivity index (χ3v) is 11.1. The molecule has 3 aliphatic rings. The number of rotatable bonds is 7. The largest absolute Gasteiger partial charge is 0.458 e. The summed E-state index contributed by atoms with van der Waals surface area (Å²) in [5.41, 5.74) is -4.26. The average Bonchev–Trinajstić information content (AvgIpc) is 3.34. The number of likely N-dealkylation sites (N-methyl/N-ethyl adjacent to an activating group) is 1. The van der Waals surface area contributed by atoms with Crippen molar-refractivity contribution in [1.82, 2.24) is 10.2 Å². The first-order valence-electron chi connectivity index (χ1n) is 17.0. The van der Waals surface area contributed by atoms with E-state index in [-0.39, 0.29) is 25.0 Å². The van der Waals surface area contributed by atoms with Crippen LogP contribution in [0.1, 0.15) is 81.6 Å². The number of Topliss-reactive ketones (excluding diaryl/α,β-unsaturated/α-hetero) is 1. The van der Waals surface area contributed by atoms with Gasteiger partial charge in [0.25, 0.3) is 0 Å². The quantitative estimate of drug-likeness (QED) is 0.175. The molecule has 1 amide bonds. The maximum absolute atomic E-state index is 14.2. The second-order valence-corrected chi connectivity index (χ2v) is 14.7. The zero-order valence-electron chi connectivity index (χ0n) is 30.7. The number of alkyl carbamates (subject to hydrolysis) is 1. The van der Waals surface area contributed by atoms with Gasteiger partial charge >= 0.3 is 18.0 Å². The Hall–Kier alpha value is -2.58. The van der Waals surface area contributed by atoms with Gasteiger partial charge in [0.1, 0.15) is 12.0 Å². The van der Waals surface area contributed by atoms with Gasteiger partial charge in [-0.1, -0.05) is 33.8 Å². The standard InChI is InChI=1S/C35H58N2O11/c1-14-25-34(10)28(36-32(41)48-34)22(7)35(42,15-2)18(3)17-33(9,43-13)29(20(5)26(39)21(6)30(40)46-25)47-31-27(45-23(8)38)24(37(11)12)16-19(4)44-31/h15,18-22,24-25,27-29,31,42H,2,14,16-17H2,1,3-13H3,(H,36,41)/t18-,19-,20+,21-,22-,24+,25-,27-,28+,29-,31?,33-,34-,35+/m1/s1. The Morgan fingerprint density at radius 2 is 1.77 bits per heavy atom. The molecule has 0 spiro atoms. The maximum Gasteiger partial charge on any atom is 0.408 e. The highest BCUT2D eigenvalue weighted by atomic mass is 16.7. The topological polar surface area (TPSA) is 159 Å². The normalized spacial score (nSPS) is 44.5. The van der Waals surface area contributed by atoms with Crippen LogP contribution in [0.3, 0.4) is 0 Å². The molecule has 0 aromatic carbocycles. The molecule has 0 radical (unpaired) electrons. The summed E-state index contributed by atoms with van der Waals surface area (Å²) in [5, 5.41) is 15.2. The second kappa shape index (κ2) is 15.1. The molecule has 3 heterocycles. The van der Waals surface area contributed by atoms with Crippen LogP contribution in [0, 0.1) is 23.7 Å². The summed E-state index contributed by atoms with van der Waals surface area (Å²) in [5.74, 6) is -5.23. The van der Waals surface area contributed by atoms with Gasteiger partial charge in [-0.3, -0.25) is 14.4 Å². The molecule has 0 saturated carbocycles. The molecule has 0 bridgehead atoms. The lowest BCUT2D eigenvalue weighted by Crippen LogP contribution is -2.62. The summed E-state index contributed by atoms with van der Waals surface area (Å²) in [6, 6.07) is -1.06. The number of aliphatic hydroxyl groups is 1. The molecule has 13 heteroatoms. The van der Waals surface area contributed by atoms with E-state index in [2.05, 4.69) is 11.9 Å². The minimum atomic E-state index is -1.61. The molecule has 1 unspecified atom stereocenters. The molecule has 274 valence electrons. The summed E-state index contributed by atoms with van der Waals surface area (Å²) in [4.78, 5) is 54.8. The molecule has 13 nitrogen and oxygen atoms in total. The number of nitrogens with zero attached hydrogens (tertiary/aromatic N) is 1. The van der Waals surface area contributed by atoms with E-state index in [4.69, 9.17) is 28.4 Å². The van der Waals surface area contributed by atoms with E-state index in [1.165, 1.54) is 27.0 Å². The molecule has 0 aliphatic carbocycles. The number of ether oxygens (including phenoxy) is 6. The molecule has 14 atom stereocenters. The number of methoxy groups -OCH3 is 1. The third kappa shape index (κ3) is 7.60. The summed E-state index contributed by atoms with van der Waals surface area (Å²) in [7, 11) is 5.24. The van der Waals surface area contributed by atoms with Gasteiger partial charge < -0.3 is 43.7 Å². The fraction of sp³-hybridized carbons (Fsp3) is 0.829. The van der Waals surface area contributed by atoms with Crippen LogP contribution in [-0.4, -0.2) is 115 Å². The number of ketones is 1. The van der Waals surface area contributed by atoms with Crippen molar-refractivity contribution < 1.29 is 52.7 Å². The van der Waals surface area contributed by atoms with Crippen molar-refractivity contribution in [1.29, 1.82) is 0 Å².